The predicted octanol–water partition coefficient (Wildman–Crippen LogP) is 1.75. The van der Waals surface area contributed by atoms with Gasteiger partial charge in [-0.1, -0.05) is 18.2 Å². The standard InChI is InChI=1S/C18H22N4O2/c1-13-8-20-16(9-19-13)18(23)22-10-14-6-4-5-7-17(14)24-12-15(22)11-21(2)3/h4-9,15H,10-12H2,1-3H3/t15-/m1/s1. The highest BCUT2D eigenvalue weighted by atomic mass is 16.5. The fraction of sp³-hybridized carbons (Fsp3) is 0.389. The van der Waals surface area contributed by atoms with Crippen molar-refractivity contribution in [3.05, 3.63) is 53.6 Å². The molecule has 3 rings (SSSR count). The minimum atomic E-state index is -0.116. The lowest BCUT2D eigenvalue weighted by Gasteiger charge is -2.30. The minimum absolute atomic E-state index is 0.0528. The summed E-state index contributed by atoms with van der Waals surface area (Å²) in [6, 6.07) is 7.80. The molecule has 6 heteroatoms. The van der Waals surface area contributed by atoms with Crippen molar-refractivity contribution in [2.75, 3.05) is 27.2 Å². The molecule has 2 aromatic rings. The second-order valence-electron chi connectivity index (χ2n) is 6.31. The third-order valence-corrected chi connectivity index (χ3v) is 4.02. The Morgan fingerprint density at radius 2 is 2.08 bits per heavy atom. The molecule has 1 aliphatic heterocycles. The average Bonchev–Trinajstić information content (AvgIpc) is 2.74. The zero-order valence-electron chi connectivity index (χ0n) is 14.3. The van der Waals surface area contributed by atoms with Gasteiger partial charge in [0.05, 0.1) is 24.5 Å². The molecule has 24 heavy (non-hydrogen) atoms. The maximum atomic E-state index is 13.0. The Hall–Kier alpha value is -2.47. The van der Waals surface area contributed by atoms with E-state index in [1.807, 2.05) is 50.2 Å². The van der Waals surface area contributed by atoms with E-state index in [1.165, 1.54) is 0 Å². The number of carbonyl (C=O) groups excluding carboxylic acids is 1. The van der Waals surface area contributed by atoms with Gasteiger partial charge in [-0.2, -0.15) is 0 Å². The number of carbonyl (C=O) groups is 1. The Kier molecular flexibility index (Phi) is 4.76. The number of para-hydroxylation sites is 1. The van der Waals surface area contributed by atoms with Crippen LogP contribution in [0.3, 0.4) is 0 Å². The van der Waals surface area contributed by atoms with Crippen molar-refractivity contribution in [3.8, 4) is 5.75 Å². The molecule has 0 aliphatic carbocycles. The van der Waals surface area contributed by atoms with Crippen LogP contribution in [0, 0.1) is 6.92 Å². The average molecular weight is 326 g/mol. The number of nitrogens with zero attached hydrogens (tertiary/aromatic N) is 4. The molecule has 0 bridgehead atoms. The molecule has 0 N–H and O–H groups in total. The van der Waals surface area contributed by atoms with Crippen LogP contribution in [-0.4, -0.2) is 59.0 Å². The first-order chi connectivity index (χ1) is 11.5. The number of hydrogen-bond donors (Lipinski definition) is 0. The highest BCUT2D eigenvalue weighted by molar-refractivity contribution is 5.92. The number of rotatable bonds is 3. The Labute approximate surface area is 142 Å². The third kappa shape index (κ3) is 3.54. The van der Waals surface area contributed by atoms with E-state index in [4.69, 9.17) is 4.74 Å². The summed E-state index contributed by atoms with van der Waals surface area (Å²) in [5.41, 5.74) is 2.16. The van der Waals surface area contributed by atoms with E-state index >= 15 is 0 Å². The van der Waals surface area contributed by atoms with Gasteiger partial charge in [-0.15, -0.1) is 0 Å². The summed E-state index contributed by atoms with van der Waals surface area (Å²) in [5, 5.41) is 0. The Balaban J connectivity index is 1.92. The first kappa shape index (κ1) is 16.4. The maximum Gasteiger partial charge on any atom is 0.274 e. The van der Waals surface area contributed by atoms with Crippen molar-refractivity contribution in [1.82, 2.24) is 19.8 Å². The van der Waals surface area contributed by atoms with E-state index in [9.17, 15) is 4.79 Å². The quantitative estimate of drug-likeness (QED) is 0.860. The molecule has 1 amide bonds. The van der Waals surface area contributed by atoms with Crippen molar-refractivity contribution in [3.63, 3.8) is 0 Å². The second kappa shape index (κ2) is 6.97. The van der Waals surface area contributed by atoms with E-state index < -0.39 is 0 Å². The van der Waals surface area contributed by atoms with Gasteiger partial charge in [0.2, 0.25) is 0 Å². The number of fused-ring (bicyclic) bond motifs is 1. The van der Waals surface area contributed by atoms with Gasteiger partial charge in [-0.3, -0.25) is 9.78 Å². The largest absolute Gasteiger partial charge is 0.491 e. The van der Waals surface area contributed by atoms with Crippen LogP contribution in [0.15, 0.2) is 36.7 Å². The number of likely N-dealkylation sites (N-methyl/N-ethyl adjacent to an activating group) is 1. The van der Waals surface area contributed by atoms with Crippen molar-refractivity contribution < 1.29 is 9.53 Å². The van der Waals surface area contributed by atoms with Gasteiger partial charge in [0.1, 0.15) is 18.1 Å². The third-order valence-electron chi connectivity index (χ3n) is 4.02. The predicted molar refractivity (Wildman–Crippen MR) is 90.9 cm³/mol. The van der Waals surface area contributed by atoms with Crippen LogP contribution in [0.4, 0.5) is 0 Å². The highest BCUT2D eigenvalue weighted by Gasteiger charge is 2.30. The number of aromatic nitrogens is 2. The zero-order valence-corrected chi connectivity index (χ0v) is 14.3. The molecular formula is C18H22N4O2. The summed E-state index contributed by atoms with van der Waals surface area (Å²) >= 11 is 0. The molecule has 1 aliphatic rings. The second-order valence-corrected chi connectivity index (χ2v) is 6.31. The summed E-state index contributed by atoms with van der Waals surface area (Å²) in [6.45, 7) is 3.54. The van der Waals surface area contributed by atoms with Gasteiger partial charge in [0.15, 0.2) is 0 Å². The Bertz CT molecular complexity index is 715. The molecule has 1 aromatic carbocycles. The number of benzene rings is 1. The molecule has 126 valence electrons. The van der Waals surface area contributed by atoms with Crippen molar-refractivity contribution in [2.24, 2.45) is 0 Å². The molecule has 1 atom stereocenters. The molecule has 0 unspecified atom stereocenters. The fourth-order valence-corrected chi connectivity index (χ4v) is 2.82. The summed E-state index contributed by atoms with van der Waals surface area (Å²) < 4.78 is 5.94. The monoisotopic (exact) mass is 326 g/mol. The van der Waals surface area contributed by atoms with Crippen LogP contribution in [0.1, 0.15) is 21.7 Å². The summed E-state index contributed by atoms with van der Waals surface area (Å²) in [7, 11) is 3.98. The zero-order chi connectivity index (χ0) is 17.1. The molecular weight excluding hydrogens is 304 g/mol. The first-order valence-electron chi connectivity index (χ1n) is 7.99. The smallest absolute Gasteiger partial charge is 0.274 e. The fourth-order valence-electron chi connectivity index (χ4n) is 2.82. The van der Waals surface area contributed by atoms with Crippen molar-refractivity contribution in [1.29, 1.82) is 0 Å². The summed E-state index contributed by atoms with van der Waals surface area (Å²) in [5.74, 6) is 0.723. The molecule has 2 heterocycles. The molecule has 0 saturated carbocycles. The molecule has 0 radical (unpaired) electrons. The van der Waals surface area contributed by atoms with Gasteiger partial charge in [-0.25, -0.2) is 4.98 Å². The molecule has 0 fully saturated rings. The number of hydrogen-bond acceptors (Lipinski definition) is 5. The Morgan fingerprint density at radius 3 is 2.79 bits per heavy atom. The van der Waals surface area contributed by atoms with Gasteiger partial charge < -0.3 is 14.5 Å². The van der Waals surface area contributed by atoms with Gasteiger partial charge >= 0.3 is 0 Å². The highest BCUT2D eigenvalue weighted by Crippen LogP contribution is 2.25. The number of amides is 1. The molecule has 0 saturated heterocycles. The van der Waals surface area contributed by atoms with E-state index in [1.54, 1.807) is 12.4 Å². The van der Waals surface area contributed by atoms with Crippen LogP contribution < -0.4 is 4.74 Å². The van der Waals surface area contributed by atoms with Crippen LogP contribution in [0.2, 0.25) is 0 Å². The maximum absolute atomic E-state index is 13.0. The van der Waals surface area contributed by atoms with E-state index in [0.717, 1.165) is 23.6 Å². The van der Waals surface area contributed by atoms with E-state index in [-0.39, 0.29) is 11.9 Å². The molecule has 6 nitrogen and oxygen atoms in total. The minimum Gasteiger partial charge on any atom is -0.491 e. The lowest BCUT2D eigenvalue weighted by molar-refractivity contribution is 0.0577. The number of ether oxygens (including phenoxy) is 1. The van der Waals surface area contributed by atoms with E-state index in [0.29, 0.717) is 18.8 Å². The van der Waals surface area contributed by atoms with Crippen LogP contribution in [-0.2, 0) is 6.54 Å². The Morgan fingerprint density at radius 1 is 1.29 bits per heavy atom. The van der Waals surface area contributed by atoms with Crippen molar-refractivity contribution in [2.45, 2.75) is 19.5 Å². The first-order valence-corrected chi connectivity index (χ1v) is 7.99. The topological polar surface area (TPSA) is 58.6 Å². The normalized spacial score (nSPS) is 17.2. The molecule has 1 aromatic heterocycles. The SMILES string of the molecule is Cc1cnc(C(=O)N2Cc3ccccc3OC[C@H]2CN(C)C)cn1. The van der Waals surface area contributed by atoms with Gasteiger partial charge in [-0.05, 0) is 27.1 Å². The molecule has 0 spiro atoms. The van der Waals surface area contributed by atoms with Crippen LogP contribution in [0.5, 0.6) is 5.75 Å². The van der Waals surface area contributed by atoms with E-state index in [2.05, 4.69) is 14.9 Å². The number of aryl methyl sites for hydroxylation is 1. The van der Waals surface area contributed by atoms with Crippen molar-refractivity contribution >= 4 is 5.91 Å². The van der Waals surface area contributed by atoms with Crippen LogP contribution in [0.25, 0.3) is 0 Å². The summed E-state index contributed by atoms with van der Waals surface area (Å²) in [6.07, 6.45) is 3.17. The van der Waals surface area contributed by atoms with Crippen LogP contribution >= 0.6 is 0 Å². The lowest BCUT2D eigenvalue weighted by atomic mass is 10.1. The lowest BCUT2D eigenvalue weighted by Crippen LogP contribution is -2.47. The summed E-state index contributed by atoms with van der Waals surface area (Å²) in [4.78, 5) is 25.4. The van der Waals surface area contributed by atoms with Gasteiger partial charge in [0.25, 0.3) is 5.91 Å². The van der Waals surface area contributed by atoms with Gasteiger partial charge in [0, 0.05) is 18.3 Å².